The summed E-state index contributed by atoms with van der Waals surface area (Å²) in [5, 5.41) is 0. The van der Waals surface area contributed by atoms with E-state index < -0.39 is 0 Å². The molecule has 2 aliphatic rings. The predicted octanol–water partition coefficient (Wildman–Crippen LogP) is 2.82. The third-order valence-corrected chi connectivity index (χ3v) is 5.09. The van der Waals surface area contributed by atoms with Crippen LogP contribution in [0.25, 0.3) is 0 Å². The van der Waals surface area contributed by atoms with Crippen molar-refractivity contribution in [3.63, 3.8) is 0 Å². The normalized spacial score (nSPS) is 17.5. The summed E-state index contributed by atoms with van der Waals surface area (Å²) in [4.78, 5) is 14.0. The summed E-state index contributed by atoms with van der Waals surface area (Å²) >= 11 is 0. The van der Waals surface area contributed by atoms with Gasteiger partial charge in [0.1, 0.15) is 0 Å². The van der Waals surface area contributed by atoms with Crippen molar-refractivity contribution in [3.05, 3.63) is 29.8 Å². The monoisotopic (exact) mass is 471 g/mol. The average molecular weight is 471 g/mol. The van der Waals surface area contributed by atoms with Crippen LogP contribution < -0.4 is 4.90 Å². The fourth-order valence-electron chi connectivity index (χ4n) is 3.51. The first kappa shape index (κ1) is 21.3. The Kier molecular flexibility index (Phi) is 8.01. The Morgan fingerprint density at radius 2 is 1.54 bits per heavy atom. The lowest BCUT2D eigenvalue weighted by Gasteiger charge is -2.36. The van der Waals surface area contributed by atoms with Gasteiger partial charge in [0.05, 0.1) is 6.54 Å². The molecule has 1 saturated carbocycles. The fourth-order valence-corrected chi connectivity index (χ4v) is 3.51. The molecule has 2 fully saturated rings. The highest BCUT2D eigenvalue weighted by molar-refractivity contribution is 14.0. The van der Waals surface area contributed by atoms with Crippen LogP contribution in [0.5, 0.6) is 0 Å². The lowest BCUT2D eigenvalue weighted by molar-refractivity contribution is 0.248. The van der Waals surface area contributed by atoms with Gasteiger partial charge in [-0.1, -0.05) is 12.1 Å². The molecule has 0 N–H and O–H groups in total. The Balaban J connectivity index is 0.00000243. The maximum Gasteiger partial charge on any atom is 0.195 e. The summed E-state index contributed by atoms with van der Waals surface area (Å²) in [6.45, 7) is 6.76. The molecule has 0 bridgehead atoms. The van der Waals surface area contributed by atoms with Crippen molar-refractivity contribution in [1.29, 1.82) is 0 Å². The maximum absolute atomic E-state index is 4.73. The van der Waals surface area contributed by atoms with E-state index in [1.54, 1.807) is 0 Å². The first-order valence-electron chi connectivity index (χ1n) is 9.48. The minimum atomic E-state index is 0. The number of benzene rings is 1. The van der Waals surface area contributed by atoms with Crippen LogP contribution in [0.4, 0.5) is 5.69 Å². The fraction of sp³-hybridized carbons (Fsp3) is 0.650. The molecule has 6 heteroatoms. The van der Waals surface area contributed by atoms with Crippen molar-refractivity contribution >= 4 is 35.6 Å². The Labute approximate surface area is 176 Å². The summed E-state index contributed by atoms with van der Waals surface area (Å²) in [5.41, 5.74) is 2.61. The van der Waals surface area contributed by atoms with E-state index in [-0.39, 0.29) is 24.0 Å². The molecule has 1 saturated heterocycles. The lowest BCUT2D eigenvalue weighted by atomic mass is 10.1. The predicted molar refractivity (Wildman–Crippen MR) is 122 cm³/mol. The SMILES string of the molecule is CN(C)C(=NCc1ccc(N2CCN(CC3CC3)CC2)cc1)N(C)C.I. The Bertz CT molecular complexity index is 562. The number of piperazine rings is 1. The van der Waals surface area contributed by atoms with Crippen LogP contribution >= 0.6 is 24.0 Å². The number of aliphatic imine (C=N–C) groups is 1. The van der Waals surface area contributed by atoms with Gasteiger partial charge in [-0.25, -0.2) is 4.99 Å². The number of hydrogen-bond acceptors (Lipinski definition) is 3. The largest absolute Gasteiger partial charge is 0.369 e. The van der Waals surface area contributed by atoms with Crippen molar-refractivity contribution < 1.29 is 0 Å². The van der Waals surface area contributed by atoms with Crippen LogP contribution in [0.2, 0.25) is 0 Å². The molecule has 1 heterocycles. The standard InChI is InChI=1S/C20H33N5.HI/c1-22(2)20(23(3)4)21-15-17-7-9-19(10-8-17)25-13-11-24(12-14-25)16-18-5-6-18;/h7-10,18H,5-6,11-16H2,1-4H3;1H. The van der Waals surface area contributed by atoms with E-state index in [9.17, 15) is 0 Å². The van der Waals surface area contributed by atoms with Gasteiger partial charge in [-0.15, -0.1) is 24.0 Å². The number of halogens is 1. The number of anilines is 1. The Hall–Kier alpha value is -1.02. The highest BCUT2D eigenvalue weighted by atomic mass is 127. The van der Waals surface area contributed by atoms with Gasteiger partial charge in [0.15, 0.2) is 5.96 Å². The molecule has 146 valence electrons. The van der Waals surface area contributed by atoms with Crippen LogP contribution in [0.3, 0.4) is 0 Å². The summed E-state index contributed by atoms with van der Waals surface area (Å²) < 4.78 is 0. The van der Waals surface area contributed by atoms with E-state index in [4.69, 9.17) is 4.99 Å². The number of guanidine groups is 1. The topological polar surface area (TPSA) is 25.3 Å². The van der Waals surface area contributed by atoms with Gasteiger partial charge in [0.2, 0.25) is 0 Å². The van der Waals surface area contributed by atoms with Gasteiger partial charge >= 0.3 is 0 Å². The molecule has 1 aliphatic carbocycles. The smallest absolute Gasteiger partial charge is 0.195 e. The molecule has 0 radical (unpaired) electrons. The molecule has 0 unspecified atom stereocenters. The Morgan fingerprint density at radius 3 is 2.04 bits per heavy atom. The highest BCUT2D eigenvalue weighted by Crippen LogP contribution is 2.30. The van der Waals surface area contributed by atoms with E-state index in [0.717, 1.165) is 31.5 Å². The van der Waals surface area contributed by atoms with Gasteiger partial charge in [0.25, 0.3) is 0 Å². The van der Waals surface area contributed by atoms with Crippen LogP contribution in [-0.2, 0) is 6.54 Å². The zero-order chi connectivity index (χ0) is 17.8. The van der Waals surface area contributed by atoms with E-state index in [1.807, 2.05) is 28.2 Å². The second-order valence-corrected chi connectivity index (χ2v) is 7.80. The van der Waals surface area contributed by atoms with Crippen molar-refractivity contribution in [1.82, 2.24) is 14.7 Å². The van der Waals surface area contributed by atoms with Gasteiger partial charge in [0, 0.05) is 66.6 Å². The van der Waals surface area contributed by atoms with Crippen molar-refractivity contribution in [3.8, 4) is 0 Å². The maximum atomic E-state index is 4.73. The van der Waals surface area contributed by atoms with Gasteiger partial charge < -0.3 is 14.7 Å². The minimum absolute atomic E-state index is 0. The third kappa shape index (κ3) is 6.01. The van der Waals surface area contributed by atoms with E-state index in [1.165, 1.54) is 43.7 Å². The van der Waals surface area contributed by atoms with Crippen molar-refractivity contribution in [2.24, 2.45) is 10.9 Å². The molecule has 1 aromatic carbocycles. The molecule has 0 amide bonds. The van der Waals surface area contributed by atoms with Crippen molar-refractivity contribution in [2.75, 3.05) is 65.8 Å². The quantitative estimate of drug-likeness (QED) is 0.375. The van der Waals surface area contributed by atoms with Crippen molar-refractivity contribution in [2.45, 2.75) is 19.4 Å². The molecular formula is C20H34IN5. The third-order valence-electron chi connectivity index (χ3n) is 5.09. The molecule has 0 aromatic heterocycles. The molecule has 0 atom stereocenters. The van der Waals surface area contributed by atoms with Crippen LogP contribution in [-0.4, -0.2) is 81.6 Å². The van der Waals surface area contributed by atoms with E-state index >= 15 is 0 Å². The Morgan fingerprint density at radius 1 is 0.962 bits per heavy atom. The van der Waals surface area contributed by atoms with E-state index in [0.29, 0.717) is 0 Å². The first-order valence-corrected chi connectivity index (χ1v) is 9.48. The summed E-state index contributed by atoms with van der Waals surface area (Å²) in [6, 6.07) is 8.95. The zero-order valence-electron chi connectivity index (χ0n) is 16.7. The average Bonchev–Trinajstić information content (AvgIpc) is 3.40. The van der Waals surface area contributed by atoms with Gasteiger partial charge in [-0.2, -0.15) is 0 Å². The number of nitrogens with zero attached hydrogens (tertiary/aromatic N) is 5. The lowest BCUT2D eigenvalue weighted by Crippen LogP contribution is -2.47. The van der Waals surface area contributed by atoms with Crippen LogP contribution in [0.1, 0.15) is 18.4 Å². The molecule has 0 spiro atoms. The molecule has 1 aliphatic heterocycles. The van der Waals surface area contributed by atoms with Gasteiger partial charge in [-0.05, 0) is 36.5 Å². The molecule has 1 aromatic rings. The molecule has 26 heavy (non-hydrogen) atoms. The zero-order valence-corrected chi connectivity index (χ0v) is 19.0. The number of rotatable bonds is 5. The molecular weight excluding hydrogens is 437 g/mol. The molecule has 3 rings (SSSR count). The second-order valence-electron chi connectivity index (χ2n) is 7.80. The number of hydrogen-bond donors (Lipinski definition) is 0. The molecule has 5 nitrogen and oxygen atoms in total. The van der Waals surface area contributed by atoms with E-state index in [2.05, 4.69) is 43.9 Å². The summed E-state index contributed by atoms with van der Waals surface area (Å²) in [5.74, 6) is 2.00. The van der Waals surface area contributed by atoms with Crippen LogP contribution in [0, 0.1) is 5.92 Å². The highest BCUT2D eigenvalue weighted by Gasteiger charge is 2.26. The second kappa shape index (κ2) is 9.78. The summed E-state index contributed by atoms with van der Waals surface area (Å²) in [7, 11) is 8.13. The minimum Gasteiger partial charge on any atom is -0.369 e. The first-order chi connectivity index (χ1) is 12.0. The van der Waals surface area contributed by atoms with Crippen LogP contribution in [0.15, 0.2) is 29.3 Å². The van der Waals surface area contributed by atoms with Gasteiger partial charge in [-0.3, -0.25) is 4.90 Å². The summed E-state index contributed by atoms with van der Waals surface area (Å²) in [6.07, 6.45) is 2.90.